The first-order valence-corrected chi connectivity index (χ1v) is 13.0. The predicted octanol–water partition coefficient (Wildman–Crippen LogP) is 2.39. The van der Waals surface area contributed by atoms with E-state index in [9.17, 15) is 4.79 Å². The average Bonchev–Trinajstić information content (AvgIpc) is 3.33. The fourth-order valence-electron chi connectivity index (χ4n) is 4.81. The summed E-state index contributed by atoms with van der Waals surface area (Å²) in [6.07, 6.45) is 7.14. The van der Waals surface area contributed by atoms with Crippen LogP contribution in [0.2, 0.25) is 0 Å². The van der Waals surface area contributed by atoms with Gasteiger partial charge in [0.1, 0.15) is 5.60 Å². The number of nitrogen functional groups attached to an aromatic ring is 1. The first-order valence-electron chi connectivity index (χ1n) is 13.0. The van der Waals surface area contributed by atoms with Gasteiger partial charge in [-0.1, -0.05) is 0 Å². The average molecular weight is 524 g/mol. The van der Waals surface area contributed by atoms with Crippen LogP contribution in [0.25, 0.3) is 16.9 Å². The van der Waals surface area contributed by atoms with Gasteiger partial charge in [-0.3, -0.25) is 4.90 Å². The Balaban J connectivity index is 1.44. The number of amides is 1. The van der Waals surface area contributed by atoms with Gasteiger partial charge >= 0.3 is 6.09 Å². The number of aromatic nitrogens is 5. The van der Waals surface area contributed by atoms with E-state index < -0.39 is 5.60 Å². The molecule has 0 unspecified atom stereocenters. The molecule has 2 N–H and O–H groups in total. The Labute approximate surface area is 222 Å². The maximum Gasteiger partial charge on any atom is 0.410 e. The highest BCUT2D eigenvalue weighted by atomic mass is 16.6. The molecular weight excluding hydrogens is 486 g/mol. The van der Waals surface area contributed by atoms with Crippen molar-refractivity contribution in [3.63, 3.8) is 0 Å². The molecule has 1 amide bonds. The largest absolute Gasteiger partial charge is 0.444 e. The Morgan fingerprint density at radius 1 is 0.947 bits per heavy atom. The third-order valence-electron chi connectivity index (χ3n) is 7.05. The zero-order chi connectivity index (χ0) is 27.1. The third-order valence-corrected chi connectivity index (χ3v) is 7.05. The summed E-state index contributed by atoms with van der Waals surface area (Å²) in [4.78, 5) is 37.3. The van der Waals surface area contributed by atoms with Gasteiger partial charge < -0.3 is 29.4 Å². The van der Waals surface area contributed by atoms with E-state index in [-0.39, 0.29) is 17.6 Å². The van der Waals surface area contributed by atoms with Crippen LogP contribution >= 0.6 is 0 Å². The van der Waals surface area contributed by atoms with E-state index in [1.165, 1.54) is 0 Å². The minimum Gasteiger partial charge on any atom is -0.444 e. The summed E-state index contributed by atoms with van der Waals surface area (Å²) in [6, 6.07) is 0. The van der Waals surface area contributed by atoms with Gasteiger partial charge in [-0.2, -0.15) is 0 Å². The number of piperazine rings is 1. The molecule has 2 fully saturated rings. The Morgan fingerprint density at radius 2 is 1.61 bits per heavy atom. The molecule has 5 rings (SSSR count). The van der Waals surface area contributed by atoms with Gasteiger partial charge in [0.15, 0.2) is 11.5 Å². The molecule has 0 atom stereocenters. The van der Waals surface area contributed by atoms with Crippen molar-refractivity contribution in [3.05, 3.63) is 30.5 Å². The number of imidazole rings is 1. The van der Waals surface area contributed by atoms with Gasteiger partial charge in [0.2, 0.25) is 5.95 Å². The van der Waals surface area contributed by atoms with E-state index >= 15 is 0 Å². The topological polar surface area (TPSA) is 127 Å². The van der Waals surface area contributed by atoms with Crippen LogP contribution in [-0.4, -0.2) is 98.3 Å². The molecule has 12 nitrogen and oxygen atoms in total. The number of fused-ring (bicyclic) bond motifs is 1. The molecule has 3 aromatic heterocycles. The lowest BCUT2D eigenvalue weighted by Crippen LogP contribution is -2.55. The lowest BCUT2D eigenvalue weighted by molar-refractivity contribution is 0.000758. The van der Waals surface area contributed by atoms with E-state index in [1.54, 1.807) is 17.3 Å². The van der Waals surface area contributed by atoms with Gasteiger partial charge in [-0.05, 0) is 34.6 Å². The molecule has 2 aliphatic heterocycles. The Hall–Kier alpha value is -3.51. The van der Waals surface area contributed by atoms with Gasteiger partial charge in [-0.15, -0.1) is 0 Å². The SMILES string of the molecule is CC(C)(C)OC(=O)N1CCN(C(C)(C)c2cn3cc(-c4cnc(N)nc4)nc(N4CCOCC4)c3n2)CC1. The van der Waals surface area contributed by atoms with Crippen LogP contribution in [0.3, 0.4) is 0 Å². The zero-order valence-corrected chi connectivity index (χ0v) is 22.8. The van der Waals surface area contributed by atoms with Gasteiger partial charge in [-0.25, -0.2) is 24.7 Å². The molecule has 0 saturated carbocycles. The van der Waals surface area contributed by atoms with Crippen molar-refractivity contribution in [1.29, 1.82) is 0 Å². The maximum atomic E-state index is 12.5. The van der Waals surface area contributed by atoms with Crippen molar-refractivity contribution in [3.8, 4) is 11.3 Å². The number of nitrogens with zero attached hydrogens (tertiary/aromatic N) is 8. The van der Waals surface area contributed by atoms with E-state index in [0.717, 1.165) is 54.6 Å². The number of hydrogen-bond donors (Lipinski definition) is 1. The fourth-order valence-corrected chi connectivity index (χ4v) is 4.81. The summed E-state index contributed by atoms with van der Waals surface area (Å²) in [5.74, 6) is 1.03. The van der Waals surface area contributed by atoms with Crippen molar-refractivity contribution in [1.82, 2.24) is 34.1 Å². The summed E-state index contributed by atoms with van der Waals surface area (Å²) in [5, 5.41) is 0. The highest BCUT2D eigenvalue weighted by Crippen LogP contribution is 2.32. The molecule has 204 valence electrons. The summed E-state index contributed by atoms with van der Waals surface area (Å²) in [5.41, 5.74) is 8.09. The molecule has 3 aromatic rings. The number of carbonyl (C=O) groups is 1. The van der Waals surface area contributed by atoms with Crippen molar-refractivity contribution in [2.24, 2.45) is 0 Å². The Kier molecular flexibility index (Phi) is 6.86. The molecule has 5 heterocycles. The lowest BCUT2D eigenvalue weighted by atomic mass is 9.98. The zero-order valence-electron chi connectivity index (χ0n) is 22.8. The highest BCUT2D eigenvalue weighted by Gasteiger charge is 2.36. The minimum absolute atomic E-state index is 0.224. The number of morpholine rings is 1. The highest BCUT2D eigenvalue weighted by molar-refractivity contribution is 5.71. The fraction of sp³-hybridized carbons (Fsp3) is 0.577. The molecule has 12 heteroatoms. The van der Waals surface area contributed by atoms with Gasteiger partial charge in [0, 0.05) is 69.6 Å². The number of nitrogens with two attached hydrogens (primary N) is 1. The lowest BCUT2D eigenvalue weighted by Gasteiger charge is -2.43. The van der Waals surface area contributed by atoms with Crippen molar-refractivity contribution < 1.29 is 14.3 Å². The Bertz CT molecular complexity index is 1290. The monoisotopic (exact) mass is 523 g/mol. The van der Waals surface area contributed by atoms with E-state index in [0.29, 0.717) is 26.3 Å². The van der Waals surface area contributed by atoms with Crippen molar-refractivity contribution in [2.45, 2.75) is 45.8 Å². The third kappa shape index (κ3) is 5.37. The van der Waals surface area contributed by atoms with Crippen LogP contribution in [-0.2, 0) is 15.0 Å². The summed E-state index contributed by atoms with van der Waals surface area (Å²) >= 11 is 0. The van der Waals surface area contributed by atoms with Crippen LogP contribution in [0.15, 0.2) is 24.8 Å². The molecule has 0 bridgehead atoms. The maximum absolute atomic E-state index is 12.5. The quantitative estimate of drug-likeness (QED) is 0.544. The van der Waals surface area contributed by atoms with Crippen LogP contribution in [0.5, 0.6) is 0 Å². The number of ether oxygens (including phenoxy) is 2. The van der Waals surface area contributed by atoms with Crippen molar-refractivity contribution >= 4 is 23.5 Å². The van der Waals surface area contributed by atoms with Crippen LogP contribution in [0.4, 0.5) is 16.6 Å². The summed E-state index contributed by atoms with van der Waals surface area (Å²) in [7, 11) is 0. The Morgan fingerprint density at radius 3 is 2.24 bits per heavy atom. The number of rotatable bonds is 4. The summed E-state index contributed by atoms with van der Waals surface area (Å²) in [6.45, 7) is 15.4. The molecular formula is C26H37N9O3. The number of hydrogen-bond acceptors (Lipinski definition) is 10. The summed E-state index contributed by atoms with van der Waals surface area (Å²) < 4.78 is 13.2. The predicted molar refractivity (Wildman–Crippen MR) is 144 cm³/mol. The molecule has 0 radical (unpaired) electrons. The van der Waals surface area contributed by atoms with E-state index in [2.05, 4.69) is 39.8 Å². The normalized spacial score (nSPS) is 17.7. The molecule has 38 heavy (non-hydrogen) atoms. The molecule has 0 spiro atoms. The molecule has 0 aliphatic carbocycles. The number of anilines is 2. The van der Waals surface area contributed by atoms with Crippen molar-refractivity contribution in [2.75, 3.05) is 63.1 Å². The second-order valence-corrected chi connectivity index (χ2v) is 11.2. The molecule has 0 aromatic carbocycles. The number of carbonyl (C=O) groups excluding carboxylic acids is 1. The smallest absolute Gasteiger partial charge is 0.410 e. The first-order chi connectivity index (χ1) is 18.0. The molecule has 2 saturated heterocycles. The molecule has 2 aliphatic rings. The van der Waals surface area contributed by atoms with Crippen LogP contribution in [0, 0.1) is 0 Å². The second kappa shape index (κ2) is 9.99. The van der Waals surface area contributed by atoms with E-state index in [1.807, 2.05) is 31.4 Å². The standard InChI is InChI=1S/C26H37N9O3/c1-25(2,3)38-24(36)33-6-8-35(9-7-33)26(4,5)20-17-34-16-19(18-14-28-23(27)29-15-18)30-21(22(34)31-20)32-10-12-37-13-11-32/h14-17H,6-13H2,1-5H3,(H2,27,28,29). The van der Waals surface area contributed by atoms with Gasteiger partial charge in [0.05, 0.1) is 30.1 Å². The van der Waals surface area contributed by atoms with Crippen LogP contribution in [0.1, 0.15) is 40.3 Å². The first kappa shape index (κ1) is 26.1. The minimum atomic E-state index is -0.506. The second-order valence-electron chi connectivity index (χ2n) is 11.2. The van der Waals surface area contributed by atoms with Gasteiger partial charge in [0.25, 0.3) is 0 Å². The van der Waals surface area contributed by atoms with Crippen LogP contribution < -0.4 is 10.6 Å². The van der Waals surface area contributed by atoms with E-state index in [4.69, 9.17) is 25.2 Å².